The van der Waals surface area contributed by atoms with Gasteiger partial charge in [-0.3, -0.25) is 0 Å². The molecule has 0 radical (unpaired) electrons. The van der Waals surface area contributed by atoms with Crippen LogP contribution >= 0.6 is 0 Å². The standard InChI is InChI=1S/C19H30N2/c1-15(2)11-18-14-21(13-16-7-3-4-8-16)19-10-6-5-9-17(19)12-20-18/h5-6,9-10,15-16,18,20H,3-4,7-8,11-14H2,1-2H3. The predicted octanol–water partition coefficient (Wildman–Crippen LogP) is 4.20. The molecule has 2 nitrogen and oxygen atoms in total. The number of nitrogens with zero attached hydrogens (tertiary/aromatic N) is 1. The molecule has 0 saturated heterocycles. The fourth-order valence-electron chi connectivity index (χ4n) is 4.06. The number of anilines is 1. The van der Waals surface area contributed by atoms with Crippen molar-refractivity contribution in [2.45, 2.75) is 58.5 Å². The first-order chi connectivity index (χ1) is 10.2. The van der Waals surface area contributed by atoms with E-state index >= 15 is 0 Å². The summed E-state index contributed by atoms with van der Waals surface area (Å²) in [7, 11) is 0. The van der Waals surface area contributed by atoms with E-state index in [-0.39, 0.29) is 0 Å². The highest BCUT2D eigenvalue weighted by Gasteiger charge is 2.25. The quantitative estimate of drug-likeness (QED) is 0.892. The van der Waals surface area contributed by atoms with Crippen LogP contribution in [0.5, 0.6) is 0 Å². The lowest BCUT2D eigenvalue weighted by atomic mass is 10.0. The molecule has 1 aliphatic heterocycles. The van der Waals surface area contributed by atoms with Gasteiger partial charge in [0.25, 0.3) is 0 Å². The first-order valence-corrected chi connectivity index (χ1v) is 8.78. The second-order valence-electron chi connectivity index (χ2n) is 7.39. The van der Waals surface area contributed by atoms with Gasteiger partial charge < -0.3 is 10.2 Å². The zero-order valence-electron chi connectivity index (χ0n) is 13.6. The van der Waals surface area contributed by atoms with Crippen molar-refractivity contribution in [3.8, 4) is 0 Å². The Hall–Kier alpha value is -1.02. The van der Waals surface area contributed by atoms with Gasteiger partial charge in [0.05, 0.1) is 0 Å². The third-order valence-corrected chi connectivity index (χ3v) is 5.06. The number of benzene rings is 1. The summed E-state index contributed by atoms with van der Waals surface area (Å²) < 4.78 is 0. The summed E-state index contributed by atoms with van der Waals surface area (Å²) in [6.45, 7) is 8.12. The molecule has 0 amide bonds. The van der Waals surface area contributed by atoms with Crippen molar-refractivity contribution in [1.29, 1.82) is 0 Å². The van der Waals surface area contributed by atoms with Crippen molar-refractivity contribution in [1.82, 2.24) is 5.32 Å². The number of hydrogen-bond acceptors (Lipinski definition) is 2. The molecule has 1 heterocycles. The summed E-state index contributed by atoms with van der Waals surface area (Å²) in [5, 5.41) is 3.78. The van der Waals surface area contributed by atoms with Crippen LogP contribution in [0.15, 0.2) is 24.3 Å². The van der Waals surface area contributed by atoms with Gasteiger partial charge in [0.1, 0.15) is 0 Å². The normalized spacial score (nSPS) is 23.4. The Morgan fingerprint density at radius 1 is 1.19 bits per heavy atom. The van der Waals surface area contributed by atoms with E-state index < -0.39 is 0 Å². The molecule has 1 aliphatic carbocycles. The summed E-state index contributed by atoms with van der Waals surface area (Å²) in [4.78, 5) is 2.68. The highest BCUT2D eigenvalue weighted by molar-refractivity contribution is 5.54. The van der Waals surface area contributed by atoms with Crippen molar-refractivity contribution in [3.05, 3.63) is 29.8 Å². The van der Waals surface area contributed by atoms with Gasteiger partial charge >= 0.3 is 0 Å². The van der Waals surface area contributed by atoms with E-state index in [0.29, 0.717) is 6.04 Å². The zero-order chi connectivity index (χ0) is 14.7. The van der Waals surface area contributed by atoms with E-state index in [1.165, 1.54) is 56.4 Å². The average molecular weight is 286 g/mol. The van der Waals surface area contributed by atoms with E-state index in [9.17, 15) is 0 Å². The first-order valence-electron chi connectivity index (χ1n) is 8.78. The van der Waals surface area contributed by atoms with Crippen molar-refractivity contribution in [3.63, 3.8) is 0 Å². The van der Waals surface area contributed by atoms with Gasteiger partial charge in [-0.25, -0.2) is 0 Å². The minimum atomic E-state index is 0.624. The van der Waals surface area contributed by atoms with Crippen molar-refractivity contribution >= 4 is 5.69 Å². The largest absolute Gasteiger partial charge is 0.369 e. The third kappa shape index (κ3) is 3.79. The Morgan fingerprint density at radius 2 is 1.95 bits per heavy atom. The minimum Gasteiger partial charge on any atom is -0.369 e. The molecular formula is C19H30N2. The lowest BCUT2D eigenvalue weighted by Gasteiger charge is -2.30. The van der Waals surface area contributed by atoms with Crippen molar-refractivity contribution < 1.29 is 0 Å². The van der Waals surface area contributed by atoms with Gasteiger partial charge in [0.2, 0.25) is 0 Å². The highest BCUT2D eigenvalue weighted by atomic mass is 15.2. The molecule has 1 unspecified atom stereocenters. The minimum absolute atomic E-state index is 0.624. The maximum Gasteiger partial charge on any atom is 0.0412 e. The molecule has 1 N–H and O–H groups in total. The molecule has 2 aliphatic rings. The maximum atomic E-state index is 3.78. The molecule has 1 fully saturated rings. The van der Waals surface area contributed by atoms with Crippen LogP contribution in [0.1, 0.15) is 51.5 Å². The van der Waals surface area contributed by atoms with E-state index in [2.05, 4.69) is 48.3 Å². The Morgan fingerprint density at radius 3 is 2.71 bits per heavy atom. The highest BCUT2D eigenvalue weighted by Crippen LogP contribution is 2.30. The van der Waals surface area contributed by atoms with Gasteiger partial charge in [0, 0.05) is 31.4 Å². The molecule has 21 heavy (non-hydrogen) atoms. The number of hydrogen-bond donors (Lipinski definition) is 1. The molecule has 1 atom stereocenters. The fraction of sp³-hybridized carbons (Fsp3) is 0.684. The lowest BCUT2D eigenvalue weighted by molar-refractivity contribution is 0.412. The number of rotatable bonds is 4. The average Bonchev–Trinajstić information content (AvgIpc) is 2.90. The summed E-state index contributed by atoms with van der Waals surface area (Å²) >= 11 is 0. The van der Waals surface area contributed by atoms with Gasteiger partial charge in [-0.05, 0) is 42.7 Å². The van der Waals surface area contributed by atoms with Gasteiger partial charge in [0.15, 0.2) is 0 Å². The molecule has 3 rings (SSSR count). The van der Waals surface area contributed by atoms with Crippen LogP contribution < -0.4 is 10.2 Å². The van der Waals surface area contributed by atoms with Crippen LogP contribution in [0.3, 0.4) is 0 Å². The molecule has 2 heteroatoms. The smallest absolute Gasteiger partial charge is 0.0412 e. The van der Waals surface area contributed by atoms with Crippen LogP contribution in [-0.4, -0.2) is 19.1 Å². The predicted molar refractivity (Wildman–Crippen MR) is 90.7 cm³/mol. The molecule has 0 aromatic heterocycles. The van der Waals surface area contributed by atoms with E-state index in [1.54, 1.807) is 0 Å². The van der Waals surface area contributed by atoms with Crippen molar-refractivity contribution in [2.24, 2.45) is 11.8 Å². The van der Waals surface area contributed by atoms with Crippen molar-refractivity contribution in [2.75, 3.05) is 18.0 Å². The SMILES string of the molecule is CC(C)CC1CN(CC2CCCC2)c2ccccc2CN1. The monoisotopic (exact) mass is 286 g/mol. The first kappa shape index (κ1) is 14.9. The molecule has 116 valence electrons. The van der Waals surface area contributed by atoms with Gasteiger partial charge in [-0.2, -0.15) is 0 Å². The maximum absolute atomic E-state index is 3.78. The van der Waals surface area contributed by atoms with Crippen LogP contribution in [0.2, 0.25) is 0 Å². The summed E-state index contributed by atoms with van der Waals surface area (Å²) in [6.07, 6.45) is 7.01. The third-order valence-electron chi connectivity index (χ3n) is 5.06. The number of nitrogens with one attached hydrogen (secondary N) is 1. The Labute approximate surface area is 129 Å². The molecular weight excluding hydrogens is 256 g/mol. The van der Waals surface area contributed by atoms with E-state index in [1.807, 2.05) is 0 Å². The topological polar surface area (TPSA) is 15.3 Å². The van der Waals surface area contributed by atoms with Crippen LogP contribution in [0, 0.1) is 11.8 Å². The van der Waals surface area contributed by atoms with Gasteiger partial charge in [-0.15, -0.1) is 0 Å². The van der Waals surface area contributed by atoms with Crippen LogP contribution in [0.25, 0.3) is 0 Å². The van der Waals surface area contributed by atoms with E-state index in [0.717, 1.165) is 18.4 Å². The zero-order valence-corrected chi connectivity index (χ0v) is 13.6. The molecule has 1 saturated carbocycles. The number of fused-ring (bicyclic) bond motifs is 1. The Kier molecular flexibility index (Phi) is 4.84. The Bertz CT molecular complexity index is 449. The molecule has 0 spiro atoms. The summed E-state index contributed by atoms with van der Waals surface area (Å²) in [5.74, 6) is 1.67. The molecule has 1 aromatic rings. The Balaban J connectivity index is 1.77. The van der Waals surface area contributed by atoms with E-state index in [4.69, 9.17) is 0 Å². The second-order valence-corrected chi connectivity index (χ2v) is 7.39. The molecule has 1 aromatic carbocycles. The molecule has 0 bridgehead atoms. The van der Waals surface area contributed by atoms with Gasteiger partial charge in [-0.1, -0.05) is 44.9 Å². The van der Waals surface area contributed by atoms with Crippen LogP contribution in [-0.2, 0) is 6.54 Å². The number of para-hydroxylation sites is 1. The second kappa shape index (κ2) is 6.83. The lowest BCUT2D eigenvalue weighted by Crippen LogP contribution is -2.40. The summed E-state index contributed by atoms with van der Waals surface area (Å²) in [5.41, 5.74) is 2.95. The van der Waals surface area contributed by atoms with Crippen LogP contribution in [0.4, 0.5) is 5.69 Å². The fourth-order valence-corrected chi connectivity index (χ4v) is 4.06. The summed E-state index contributed by atoms with van der Waals surface area (Å²) in [6, 6.07) is 9.62.